The Morgan fingerprint density at radius 2 is 1.72 bits per heavy atom. The SMILES string of the molecule is CN(C(=O)Oc1ccc2c3c(oc2c1)C(C)(C)c1cc(OC[C@@H](O)[C@H](O)CO)ccc1C3=O)c1ccccc1. The van der Waals surface area contributed by atoms with Crippen molar-refractivity contribution in [2.75, 3.05) is 25.2 Å². The Kier molecular flexibility index (Phi) is 6.90. The molecule has 0 saturated carbocycles. The average molecular weight is 532 g/mol. The molecule has 0 spiro atoms. The molecule has 1 aliphatic rings. The van der Waals surface area contributed by atoms with Crippen LogP contribution < -0.4 is 14.4 Å². The van der Waals surface area contributed by atoms with E-state index in [9.17, 15) is 19.8 Å². The molecule has 1 aromatic heterocycles. The summed E-state index contributed by atoms with van der Waals surface area (Å²) in [6.07, 6.45) is -3.15. The van der Waals surface area contributed by atoms with Gasteiger partial charge in [0.15, 0.2) is 5.78 Å². The molecular formula is C30H29NO8. The van der Waals surface area contributed by atoms with Crippen molar-refractivity contribution in [1.29, 1.82) is 0 Å². The number of hydrogen-bond donors (Lipinski definition) is 3. The predicted molar refractivity (Wildman–Crippen MR) is 144 cm³/mol. The Labute approximate surface area is 224 Å². The van der Waals surface area contributed by atoms with E-state index >= 15 is 0 Å². The summed E-state index contributed by atoms with van der Waals surface area (Å²) in [5.74, 6) is 0.959. The summed E-state index contributed by atoms with van der Waals surface area (Å²) in [6.45, 7) is 3.05. The quantitative estimate of drug-likeness (QED) is 0.326. The molecule has 9 nitrogen and oxygen atoms in total. The first-order valence-corrected chi connectivity index (χ1v) is 12.5. The van der Waals surface area contributed by atoms with Crippen LogP contribution in [-0.4, -0.2) is 59.7 Å². The minimum Gasteiger partial charge on any atom is -0.491 e. The molecule has 1 aliphatic carbocycles. The fourth-order valence-corrected chi connectivity index (χ4v) is 4.73. The first-order valence-electron chi connectivity index (χ1n) is 12.5. The zero-order valence-corrected chi connectivity index (χ0v) is 21.7. The number of ether oxygens (including phenoxy) is 2. The minimum atomic E-state index is -1.32. The van der Waals surface area contributed by atoms with Gasteiger partial charge in [0.1, 0.15) is 41.7 Å². The lowest BCUT2D eigenvalue weighted by atomic mass is 9.71. The average Bonchev–Trinajstić information content (AvgIpc) is 3.34. The number of aliphatic hydroxyl groups excluding tert-OH is 3. The van der Waals surface area contributed by atoms with Gasteiger partial charge in [-0.1, -0.05) is 18.2 Å². The fourth-order valence-electron chi connectivity index (χ4n) is 4.73. The first kappa shape index (κ1) is 26.4. The van der Waals surface area contributed by atoms with Gasteiger partial charge in [-0.15, -0.1) is 0 Å². The van der Waals surface area contributed by atoms with Crippen LogP contribution in [0.4, 0.5) is 10.5 Å². The summed E-state index contributed by atoms with van der Waals surface area (Å²) in [5, 5.41) is 29.1. The number of aliphatic hydroxyl groups is 3. The summed E-state index contributed by atoms with van der Waals surface area (Å²) in [4.78, 5) is 27.7. The van der Waals surface area contributed by atoms with Gasteiger partial charge in [-0.05, 0) is 61.9 Å². The summed E-state index contributed by atoms with van der Waals surface area (Å²) >= 11 is 0. The topological polar surface area (TPSA) is 130 Å². The van der Waals surface area contributed by atoms with Crippen LogP contribution in [0, 0.1) is 0 Å². The molecule has 3 N–H and O–H groups in total. The van der Waals surface area contributed by atoms with Gasteiger partial charge in [0.25, 0.3) is 0 Å². The van der Waals surface area contributed by atoms with Gasteiger partial charge in [0, 0.05) is 35.2 Å². The molecule has 202 valence electrons. The van der Waals surface area contributed by atoms with Gasteiger partial charge in [-0.25, -0.2) is 4.79 Å². The van der Waals surface area contributed by atoms with E-state index in [4.69, 9.17) is 19.0 Å². The lowest BCUT2D eigenvalue weighted by molar-refractivity contribution is -0.0339. The molecule has 9 heteroatoms. The van der Waals surface area contributed by atoms with E-state index in [-0.39, 0.29) is 18.1 Å². The number of furan rings is 1. The standard InChI is InChI=1S/C30H29NO8/c1-30(2)22-13-18(37-16-24(34)23(33)15-32)9-11-20(22)27(35)26-21-12-10-19(14-25(21)39-28(26)30)38-29(36)31(3)17-7-5-4-6-8-17/h4-14,23-24,32-34H,15-16H2,1-3H3/t23-,24-/m1/s1. The molecule has 0 bridgehead atoms. The van der Waals surface area contributed by atoms with Crippen LogP contribution in [0.5, 0.6) is 11.5 Å². The van der Waals surface area contributed by atoms with E-state index in [2.05, 4.69) is 0 Å². The Morgan fingerprint density at radius 1 is 1.00 bits per heavy atom. The number of benzene rings is 3. The predicted octanol–water partition coefficient (Wildman–Crippen LogP) is 4.03. The molecule has 4 aromatic rings. The fraction of sp³-hybridized carbons (Fsp3) is 0.267. The minimum absolute atomic E-state index is 0.200. The molecule has 1 amide bonds. The Morgan fingerprint density at radius 3 is 2.44 bits per heavy atom. The van der Waals surface area contributed by atoms with Crippen LogP contribution in [0.2, 0.25) is 0 Å². The van der Waals surface area contributed by atoms with Gasteiger partial charge in [0.2, 0.25) is 0 Å². The van der Waals surface area contributed by atoms with Crippen LogP contribution in [0.15, 0.2) is 71.1 Å². The number of ketones is 1. The molecule has 0 saturated heterocycles. The molecule has 1 heterocycles. The van der Waals surface area contributed by atoms with Gasteiger partial charge in [0.05, 0.1) is 12.2 Å². The van der Waals surface area contributed by atoms with Gasteiger partial charge in [-0.3, -0.25) is 9.69 Å². The molecular weight excluding hydrogens is 502 g/mol. The molecule has 0 fully saturated rings. The number of carbonyl (C=O) groups excluding carboxylic acids is 2. The normalized spacial score (nSPS) is 15.3. The number of anilines is 1. The van der Waals surface area contributed by atoms with Crippen LogP contribution in [0.1, 0.15) is 41.1 Å². The number of para-hydroxylation sites is 1. The number of carbonyl (C=O) groups is 2. The molecule has 5 rings (SSSR count). The Hall–Kier alpha value is -4.18. The van der Waals surface area contributed by atoms with Gasteiger partial charge >= 0.3 is 6.09 Å². The smallest absolute Gasteiger partial charge is 0.419 e. The van der Waals surface area contributed by atoms with E-state index in [0.29, 0.717) is 44.9 Å². The van der Waals surface area contributed by atoms with Crippen LogP contribution in [0.3, 0.4) is 0 Å². The molecule has 2 atom stereocenters. The van der Waals surface area contributed by atoms with Crippen molar-refractivity contribution in [3.63, 3.8) is 0 Å². The summed E-state index contributed by atoms with van der Waals surface area (Å²) in [7, 11) is 1.62. The van der Waals surface area contributed by atoms with Gasteiger partial charge < -0.3 is 29.2 Å². The second-order valence-corrected chi connectivity index (χ2v) is 10.0. The highest BCUT2D eigenvalue weighted by Gasteiger charge is 2.42. The zero-order valence-electron chi connectivity index (χ0n) is 21.7. The summed E-state index contributed by atoms with van der Waals surface area (Å²) < 4.78 is 17.4. The van der Waals surface area contributed by atoms with E-state index in [1.807, 2.05) is 32.0 Å². The van der Waals surface area contributed by atoms with E-state index in [1.54, 1.807) is 55.6 Å². The number of nitrogens with zero attached hydrogens (tertiary/aromatic N) is 1. The van der Waals surface area contributed by atoms with Gasteiger partial charge in [-0.2, -0.15) is 0 Å². The highest BCUT2D eigenvalue weighted by Crippen LogP contribution is 2.46. The summed E-state index contributed by atoms with van der Waals surface area (Å²) in [5.41, 5.74) is 2.02. The Balaban J connectivity index is 1.43. The second-order valence-electron chi connectivity index (χ2n) is 10.0. The second kappa shape index (κ2) is 10.2. The van der Waals surface area contributed by atoms with Crippen molar-refractivity contribution in [2.45, 2.75) is 31.5 Å². The lowest BCUT2D eigenvalue weighted by Crippen LogP contribution is -2.34. The lowest BCUT2D eigenvalue weighted by Gasteiger charge is -2.31. The van der Waals surface area contributed by atoms with Crippen molar-refractivity contribution < 1.29 is 38.8 Å². The third kappa shape index (κ3) is 4.76. The zero-order chi connectivity index (χ0) is 27.9. The Bertz CT molecular complexity index is 1540. The molecule has 3 aromatic carbocycles. The van der Waals surface area contributed by atoms with Crippen molar-refractivity contribution in [1.82, 2.24) is 0 Å². The monoisotopic (exact) mass is 531 g/mol. The number of hydrogen-bond acceptors (Lipinski definition) is 8. The maximum Gasteiger partial charge on any atom is 0.419 e. The third-order valence-electron chi connectivity index (χ3n) is 7.04. The maximum atomic E-state index is 13.6. The number of fused-ring (bicyclic) bond motifs is 4. The molecule has 0 radical (unpaired) electrons. The van der Waals surface area contributed by atoms with E-state index in [0.717, 1.165) is 0 Å². The van der Waals surface area contributed by atoms with Crippen LogP contribution in [-0.2, 0) is 5.41 Å². The van der Waals surface area contributed by atoms with Crippen LogP contribution >= 0.6 is 0 Å². The number of rotatable bonds is 7. The first-order chi connectivity index (χ1) is 18.6. The molecule has 39 heavy (non-hydrogen) atoms. The summed E-state index contributed by atoms with van der Waals surface area (Å²) in [6, 6.07) is 19.1. The highest BCUT2D eigenvalue weighted by atomic mass is 16.6. The van der Waals surface area contributed by atoms with Crippen molar-refractivity contribution >= 4 is 28.5 Å². The highest BCUT2D eigenvalue weighted by molar-refractivity contribution is 6.19. The largest absolute Gasteiger partial charge is 0.491 e. The molecule has 0 unspecified atom stereocenters. The number of amides is 1. The van der Waals surface area contributed by atoms with Crippen molar-refractivity contribution in [3.05, 3.63) is 89.2 Å². The van der Waals surface area contributed by atoms with Crippen molar-refractivity contribution in [2.24, 2.45) is 0 Å². The molecule has 0 aliphatic heterocycles. The van der Waals surface area contributed by atoms with Crippen LogP contribution in [0.25, 0.3) is 11.0 Å². The van der Waals surface area contributed by atoms with E-state index in [1.165, 1.54) is 4.90 Å². The third-order valence-corrected chi connectivity index (χ3v) is 7.04. The van der Waals surface area contributed by atoms with Crippen molar-refractivity contribution in [3.8, 4) is 11.5 Å². The van der Waals surface area contributed by atoms with E-state index < -0.39 is 30.3 Å². The maximum absolute atomic E-state index is 13.6.